The molecule has 0 spiro atoms. The Kier molecular flexibility index (Phi) is 6.40. The van der Waals surface area contributed by atoms with Crippen molar-refractivity contribution in [2.75, 3.05) is 35.0 Å². The largest absolute Gasteiger partial charge is 0.493 e. The van der Waals surface area contributed by atoms with Crippen LogP contribution in [0, 0.1) is 5.41 Å². The molecule has 0 amide bonds. The Labute approximate surface area is 175 Å². The van der Waals surface area contributed by atoms with Gasteiger partial charge in [0.05, 0.1) is 34.2 Å². The van der Waals surface area contributed by atoms with Crippen molar-refractivity contribution in [1.29, 1.82) is 0 Å². The van der Waals surface area contributed by atoms with Crippen molar-refractivity contribution in [2.24, 2.45) is 10.4 Å². The number of methoxy groups -OCH3 is 4. The molecular formula is C23H25NO6. The molecule has 1 heterocycles. The van der Waals surface area contributed by atoms with Crippen LogP contribution >= 0.6 is 0 Å². The molecule has 0 saturated carbocycles. The van der Waals surface area contributed by atoms with E-state index in [1.165, 1.54) is 14.2 Å². The van der Waals surface area contributed by atoms with Crippen molar-refractivity contribution >= 4 is 17.7 Å². The molecule has 0 saturated heterocycles. The van der Waals surface area contributed by atoms with E-state index < -0.39 is 17.4 Å². The van der Waals surface area contributed by atoms with Crippen molar-refractivity contribution in [3.8, 4) is 11.5 Å². The van der Waals surface area contributed by atoms with Crippen molar-refractivity contribution in [1.82, 2.24) is 0 Å². The molecule has 7 nitrogen and oxygen atoms in total. The van der Waals surface area contributed by atoms with Crippen LogP contribution in [0.5, 0.6) is 11.5 Å². The van der Waals surface area contributed by atoms with Crippen molar-refractivity contribution in [2.45, 2.75) is 12.3 Å². The van der Waals surface area contributed by atoms with Crippen LogP contribution in [0.3, 0.4) is 0 Å². The predicted octanol–water partition coefficient (Wildman–Crippen LogP) is 3.01. The number of nitrogens with zero attached hydrogens (tertiary/aromatic N) is 1. The number of esters is 2. The van der Waals surface area contributed by atoms with Gasteiger partial charge >= 0.3 is 11.9 Å². The van der Waals surface area contributed by atoms with Gasteiger partial charge in [0.1, 0.15) is 0 Å². The average Bonchev–Trinajstić information content (AvgIpc) is 2.82. The van der Waals surface area contributed by atoms with Gasteiger partial charge in [-0.15, -0.1) is 0 Å². The van der Waals surface area contributed by atoms with Crippen LogP contribution in [0.1, 0.15) is 23.5 Å². The third-order valence-electron chi connectivity index (χ3n) is 5.42. The monoisotopic (exact) mass is 411 g/mol. The Morgan fingerprint density at radius 3 is 2.10 bits per heavy atom. The molecule has 0 aliphatic carbocycles. The van der Waals surface area contributed by atoms with E-state index in [2.05, 4.69) is 0 Å². The second-order valence-electron chi connectivity index (χ2n) is 6.96. The maximum atomic E-state index is 13.0. The fraction of sp³-hybridized carbons (Fsp3) is 0.348. The zero-order chi connectivity index (χ0) is 21.7. The number of ether oxygens (including phenoxy) is 4. The first kappa shape index (κ1) is 21.4. The van der Waals surface area contributed by atoms with Crippen LogP contribution in [0.25, 0.3) is 0 Å². The molecule has 0 bridgehead atoms. The minimum atomic E-state index is -1.67. The fourth-order valence-corrected chi connectivity index (χ4v) is 3.92. The second kappa shape index (κ2) is 8.98. The van der Waals surface area contributed by atoms with E-state index in [0.29, 0.717) is 29.3 Å². The summed E-state index contributed by atoms with van der Waals surface area (Å²) >= 11 is 0. The van der Waals surface area contributed by atoms with Gasteiger partial charge in [0, 0.05) is 12.5 Å². The van der Waals surface area contributed by atoms with Gasteiger partial charge in [0.15, 0.2) is 11.5 Å². The summed E-state index contributed by atoms with van der Waals surface area (Å²) in [6.45, 7) is 0.398. The topological polar surface area (TPSA) is 83.4 Å². The maximum Gasteiger partial charge on any atom is 0.329 e. The Morgan fingerprint density at radius 2 is 1.53 bits per heavy atom. The van der Waals surface area contributed by atoms with Gasteiger partial charge in [-0.25, -0.2) is 0 Å². The molecule has 0 aromatic heterocycles. The number of aliphatic imine (C=N–C) groups is 1. The van der Waals surface area contributed by atoms with Gasteiger partial charge in [-0.1, -0.05) is 36.4 Å². The second-order valence-corrected chi connectivity index (χ2v) is 6.96. The van der Waals surface area contributed by atoms with Crippen LogP contribution < -0.4 is 9.47 Å². The highest BCUT2D eigenvalue weighted by Crippen LogP contribution is 2.43. The Hall–Kier alpha value is -3.35. The highest BCUT2D eigenvalue weighted by atomic mass is 16.5. The van der Waals surface area contributed by atoms with E-state index in [1.807, 2.05) is 42.5 Å². The van der Waals surface area contributed by atoms with Crippen molar-refractivity contribution in [3.63, 3.8) is 0 Å². The van der Waals surface area contributed by atoms with E-state index in [-0.39, 0.29) is 12.3 Å². The number of carbonyl (C=O) groups excluding carboxylic acids is 2. The third kappa shape index (κ3) is 3.63. The van der Waals surface area contributed by atoms with Crippen LogP contribution in [0.2, 0.25) is 0 Å². The normalized spacial score (nSPS) is 17.5. The quantitative estimate of drug-likeness (QED) is 0.537. The Morgan fingerprint density at radius 1 is 0.900 bits per heavy atom. The summed E-state index contributed by atoms with van der Waals surface area (Å²) < 4.78 is 20.8. The molecule has 7 heteroatoms. The van der Waals surface area contributed by atoms with Crippen LogP contribution in [-0.4, -0.2) is 52.6 Å². The number of hydrogen-bond donors (Lipinski definition) is 0. The smallest absolute Gasteiger partial charge is 0.329 e. The van der Waals surface area contributed by atoms with Crippen LogP contribution in [0.4, 0.5) is 0 Å². The van der Waals surface area contributed by atoms with E-state index in [4.69, 9.17) is 23.9 Å². The molecule has 0 fully saturated rings. The van der Waals surface area contributed by atoms with E-state index in [0.717, 1.165) is 5.56 Å². The zero-order valence-corrected chi connectivity index (χ0v) is 17.5. The summed E-state index contributed by atoms with van der Waals surface area (Å²) in [7, 11) is 5.64. The lowest BCUT2D eigenvalue weighted by Crippen LogP contribution is -2.51. The fourth-order valence-electron chi connectivity index (χ4n) is 3.92. The maximum absolute atomic E-state index is 13.0. The van der Waals surface area contributed by atoms with Gasteiger partial charge in [0.25, 0.3) is 0 Å². The highest BCUT2D eigenvalue weighted by molar-refractivity contribution is 6.27. The molecule has 0 radical (unpaired) electrons. The van der Waals surface area contributed by atoms with E-state index >= 15 is 0 Å². The van der Waals surface area contributed by atoms with Gasteiger partial charge < -0.3 is 18.9 Å². The molecule has 3 rings (SSSR count). The summed E-state index contributed by atoms with van der Waals surface area (Å²) in [6.07, 6.45) is 0.162. The van der Waals surface area contributed by atoms with Crippen molar-refractivity contribution in [3.05, 3.63) is 59.7 Å². The Balaban J connectivity index is 2.14. The summed E-state index contributed by atoms with van der Waals surface area (Å²) in [5.41, 5.74) is 0.249. The first-order valence-corrected chi connectivity index (χ1v) is 9.51. The lowest BCUT2D eigenvalue weighted by atomic mass is 9.69. The summed E-state index contributed by atoms with van der Waals surface area (Å²) in [4.78, 5) is 30.7. The minimum Gasteiger partial charge on any atom is -0.493 e. The molecule has 1 unspecified atom stereocenters. The lowest BCUT2D eigenvalue weighted by Gasteiger charge is -2.36. The standard InChI is InChI=1S/C23H25NO6/c1-27-18-11-10-16(12-19(18)28-2)17-13-23(21(25)29-3,22(26)30-4)20(24-14-17)15-8-6-5-7-9-15/h5-12,17H,13-14H2,1-4H3. The van der Waals surface area contributed by atoms with E-state index in [9.17, 15) is 9.59 Å². The van der Waals surface area contributed by atoms with E-state index in [1.54, 1.807) is 20.3 Å². The molecule has 2 aromatic rings. The zero-order valence-electron chi connectivity index (χ0n) is 17.5. The first-order chi connectivity index (χ1) is 14.5. The molecule has 30 heavy (non-hydrogen) atoms. The van der Waals surface area contributed by atoms with Crippen LogP contribution in [-0.2, 0) is 19.1 Å². The third-order valence-corrected chi connectivity index (χ3v) is 5.42. The molecular weight excluding hydrogens is 386 g/mol. The average molecular weight is 411 g/mol. The minimum absolute atomic E-state index is 0.162. The van der Waals surface area contributed by atoms with Gasteiger partial charge in [-0.3, -0.25) is 14.6 Å². The lowest BCUT2D eigenvalue weighted by molar-refractivity contribution is -0.164. The molecule has 2 aromatic carbocycles. The number of carbonyl (C=O) groups is 2. The molecule has 0 N–H and O–H groups in total. The number of hydrogen-bond acceptors (Lipinski definition) is 7. The number of rotatable bonds is 6. The summed E-state index contributed by atoms with van der Waals surface area (Å²) in [5.74, 6) is -0.452. The first-order valence-electron chi connectivity index (χ1n) is 9.51. The SMILES string of the molecule is COC(=O)C1(C(=O)OC)CC(c2ccc(OC)c(OC)c2)CN=C1c1ccccc1. The van der Waals surface area contributed by atoms with Gasteiger partial charge in [-0.2, -0.15) is 0 Å². The Bertz CT molecular complexity index is 937. The predicted molar refractivity (Wildman–Crippen MR) is 111 cm³/mol. The van der Waals surface area contributed by atoms with Crippen molar-refractivity contribution < 1.29 is 28.5 Å². The van der Waals surface area contributed by atoms with Crippen LogP contribution in [0.15, 0.2) is 53.5 Å². The molecule has 1 aliphatic rings. The number of benzene rings is 2. The molecule has 1 atom stereocenters. The summed E-state index contributed by atoms with van der Waals surface area (Å²) in [5, 5.41) is 0. The summed E-state index contributed by atoms with van der Waals surface area (Å²) in [6, 6.07) is 14.7. The highest BCUT2D eigenvalue weighted by Gasteiger charge is 2.56. The molecule has 1 aliphatic heterocycles. The molecule has 158 valence electrons. The van der Waals surface area contributed by atoms with Gasteiger partial charge in [0.2, 0.25) is 5.41 Å². The van der Waals surface area contributed by atoms with Gasteiger partial charge in [-0.05, 0) is 29.7 Å².